The number of hydrogen-bond donors (Lipinski definition) is 2. The zero-order valence-corrected chi connectivity index (χ0v) is 10.9. The molecular weight excluding hydrogens is 248 g/mol. The lowest BCUT2D eigenvalue weighted by Gasteiger charge is -2.06. The molecule has 2 N–H and O–H groups in total. The maximum atomic E-state index is 10.9. The first-order valence-electron chi connectivity index (χ1n) is 5.72. The second kappa shape index (κ2) is 5.05. The lowest BCUT2D eigenvalue weighted by atomic mass is 10.2. The summed E-state index contributed by atoms with van der Waals surface area (Å²) < 4.78 is 5.04. The van der Waals surface area contributed by atoms with E-state index in [9.17, 15) is 4.79 Å². The van der Waals surface area contributed by atoms with Crippen LogP contribution in [0.5, 0.6) is 0 Å². The fraction of sp³-hybridized carbons (Fsp3) is 0.333. The Morgan fingerprint density at radius 2 is 2.11 bits per heavy atom. The van der Waals surface area contributed by atoms with Gasteiger partial charge in [0.1, 0.15) is 5.76 Å². The zero-order chi connectivity index (χ0) is 14.0. The third-order valence-corrected chi connectivity index (χ3v) is 2.68. The number of rotatable bonds is 4. The quantitative estimate of drug-likeness (QED) is 0.864. The van der Waals surface area contributed by atoms with Crippen molar-refractivity contribution in [3.8, 4) is 0 Å². The molecule has 2 rings (SSSR count). The first-order chi connectivity index (χ1) is 8.97. The predicted octanol–water partition coefficient (Wildman–Crippen LogP) is 1.70. The summed E-state index contributed by atoms with van der Waals surface area (Å²) in [6.45, 7) is 5.81. The van der Waals surface area contributed by atoms with Crippen LogP contribution in [0.1, 0.15) is 33.2 Å². The van der Waals surface area contributed by atoms with Gasteiger partial charge in [0.2, 0.25) is 5.95 Å². The predicted molar refractivity (Wildman–Crippen MR) is 67.0 cm³/mol. The van der Waals surface area contributed by atoms with E-state index in [1.54, 1.807) is 6.92 Å². The number of hydrogen-bond acceptors (Lipinski definition) is 6. The Kier molecular flexibility index (Phi) is 3.46. The third-order valence-electron chi connectivity index (χ3n) is 2.68. The number of nitrogens with one attached hydrogen (secondary N) is 1. The molecule has 2 aromatic rings. The van der Waals surface area contributed by atoms with Crippen LogP contribution in [0.4, 0.5) is 5.95 Å². The van der Waals surface area contributed by atoms with E-state index < -0.39 is 5.97 Å². The fourth-order valence-corrected chi connectivity index (χ4v) is 1.68. The number of anilines is 1. The monoisotopic (exact) mass is 262 g/mol. The van der Waals surface area contributed by atoms with Crippen molar-refractivity contribution in [3.63, 3.8) is 0 Å². The molecule has 0 fully saturated rings. The van der Waals surface area contributed by atoms with Crippen LogP contribution < -0.4 is 5.32 Å². The highest BCUT2D eigenvalue weighted by molar-refractivity contribution is 5.85. The molecule has 0 saturated heterocycles. The van der Waals surface area contributed by atoms with Gasteiger partial charge < -0.3 is 14.9 Å². The molecule has 0 saturated carbocycles. The van der Waals surface area contributed by atoms with Gasteiger partial charge in [0, 0.05) is 17.8 Å². The Balaban J connectivity index is 2.18. The number of aromatic nitrogens is 3. The average molecular weight is 262 g/mol. The van der Waals surface area contributed by atoms with E-state index in [1.165, 1.54) is 6.07 Å². The SMILES string of the molecule is Cc1cc(C(=O)O)nc(NCc2c(C)noc2C)n1. The van der Waals surface area contributed by atoms with Crippen LogP contribution in [0.15, 0.2) is 10.6 Å². The number of nitrogens with zero attached hydrogens (tertiary/aromatic N) is 3. The van der Waals surface area contributed by atoms with Gasteiger partial charge in [-0.25, -0.2) is 14.8 Å². The Morgan fingerprint density at radius 1 is 1.37 bits per heavy atom. The average Bonchev–Trinajstić information content (AvgIpc) is 2.66. The van der Waals surface area contributed by atoms with Crippen LogP contribution in [-0.4, -0.2) is 26.2 Å². The maximum absolute atomic E-state index is 10.9. The molecule has 100 valence electrons. The minimum Gasteiger partial charge on any atom is -0.477 e. The molecule has 2 aromatic heterocycles. The van der Waals surface area contributed by atoms with Gasteiger partial charge >= 0.3 is 5.97 Å². The molecule has 2 heterocycles. The van der Waals surface area contributed by atoms with E-state index in [1.807, 2.05) is 13.8 Å². The zero-order valence-electron chi connectivity index (χ0n) is 10.9. The van der Waals surface area contributed by atoms with Crippen molar-refractivity contribution in [2.75, 3.05) is 5.32 Å². The molecule has 0 unspecified atom stereocenters. The standard InChI is InChI=1S/C12H14N4O3/c1-6-4-10(11(17)18)15-12(14-6)13-5-9-7(2)16-19-8(9)3/h4H,5H2,1-3H3,(H,17,18)(H,13,14,15). The van der Waals surface area contributed by atoms with Gasteiger partial charge in [-0.15, -0.1) is 0 Å². The largest absolute Gasteiger partial charge is 0.477 e. The molecule has 7 nitrogen and oxygen atoms in total. The van der Waals surface area contributed by atoms with Crippen molar-refractivity contribution < 1.29 is 14.4 Å². The van der Waals surface area contributed by atoms with Crippen LogP contribution in [0.2, 0.25) is 0 Å². The Hall–Kier alpha value is -2.44. The summed E-state index contributed by atoms with van der Waals surface area (Å²) in [4.78, 5) is 19.0. The summed E-state index contributed by atoms with van der Waals surface area (Å²) in [6.07, 6.45) is 0. The minimum atomic E-state index is -1.08. The summed E-state index contributed by atoms with van der Waals surface area (Å²) in [7, 11) is 0. The number of carboxylic acids is 1. The lowest BCUT2D eigenvalue weighted by Crippen LogP contribution is -2.09. The first kappa shape index (κ1) is 13.0. The van der Waals surface area contributed by atoms with E-state index in [2.05, 4.69) is 20.4 Å². The summed E-state index contributed by atoms with van der Waals surface area (Å²) in [5.74, 6) is -0.0839. The van der Waals surface area contributed by atoms with Crippen LogP contribution >= 0.6 is 0 Å². The fourth-order valence-electron chi connectivity index (χ4n) is 1.68. The molecule has 0 atom stereocenters. The topological polar surface area (TPSA) is 101 Å². The normalized spacial score (nSPS) is 10.5. The molecule has 0 aliphatic carbocycles. The minimum absolute atomic E-state index is 0.0336. The van der Waals surface area contributed by atoms with E-state index >= 15 is 0 Å². The number of aromatic carboxylic acids is 1. The van der Waals surface area contributed by atoms with Crippen LogP contribution in [-0.2, 0) is 6.54 Å². The molecule has 19 heavy (non-hydrogen) atoms. The van der Waals surface area contributed by atoms with Crippen molar-refractivity contribution in [3.05, 3.63) is 34.5 Å². The van der Waals surface area contributed by atoms with E-state index in [0.717, 1.165) is 17.0 Å². The lowest BCUT2D eigenvalue weighted by molar-refractivity contribution is 0.0690. The maximum Gasteiger partial charge on any atom is 0.354 e. The molecule has 0 bridgehead atoms. The third kappa shape index (κ3) is 2.87. The van der Waals surface area contributed by atoms with Gasteiger partial charge in [-0.3, -0.25) is 0 Å². The van der Waals surface area contributed by atoms with E-state index in [-0.39, 0.29) is 11.6 Å². The van der Waals surface area contributed by atoms with Gasteiger partial charge in [-0.2, -0.15) is 0 Å². The van der Waals surface area contributed by atoms with Gasteiger partial charge in [0.25, 0.3) is 0 Å². The van der Waals surface area contributed by atoms with Crippen LogP contribution in [0, 0.1) is 20.8 Å². The van der Waals surface area contributed by atoms with E-state index in [4.69, 9.17) is 9.63 Å². The molecule has 0 amide bonds. The highest BCUT2D eigenvalue weighted by Crippen LogP contribution is 2.14. The van der Waals surface area contributed by atoms with Gasteiger partial charge in [0.15, 0.2) is 5.69 Å². The summed E-state index contributed by atoms with van der Waals surface area (Å²) >= 11 is 0. The number of carboxylic acid groups (broad SMARTS) is 1. The Bertz CT molecular complexity index is 602. The van der Waals surface area contributed by atoms with Crippen molar-refractivity contribution in [2.24, 2.45) is 0 Å². The van der Waals surface area contributed by atoms with E-state index in [0.29, 0.717) is 12.2 Å². The molecular formula is C12H14N4O3. The number of aryl methyl sites for hydroxylation is 3. The number of carbonyl (C=O) groups is 1. The molecule has 7 heteroatoms. The Morgan fingerprint density at radius 3 is 2.68 bits per heavy atom. The first-order valence-corrected chi connectivity index (χ1v) is 5.72. The van der Waals surface area contributed by atoms with Gasteiger partial charge in [0.05, 0.1) is 5.69 Å². The molecule has 0 spiro atoms. The molecule has 0 aliphatic heterocycles. The smallest absolute Gasteiger partial charge is 0.354 e. The molecule has 0 radical (unpaired) electrons. The van der Waals surface area contributed by atoms with Crippen molar-refractivity contribution in [2.45, 2.75) is 27.3 Å². The van der Waals surface area contributed by atoms with Gasteiger partial charge in [-0.1, -0.05) is 5.16 Å². The van der Waals surface area contributed by atoms with Crippen LogP contribution in [0.3, 0.4) is 0 Å². The summed E-state index contributed by atoms with van der Waals surface area (Å²) in [6, 6.07) is 1.42. The highest BCUT2D eigenvalue weighted by Gasteiger charge is 2.11. The van der Waals surface area contributed by atoms with Crippen LogP contribution in [0.25, 0.3) is 0 Å². The summed E-state index contributed by atoms with van der Waals surface area (Å²) in [5, 5.41) is 15.8. The van der Waals surface area contributed by atoms with Crippen molar-refractivity contribution in [1.82, 2.24) is 15.1 Å². The van der Waals surface area contributed by atoms with Crippen molar-refractivity contribution >= 4 is 11.9 Å². The Labute approximate surface area is 109 Å². The van der Waals surface area contributed by atoms with Crippen molar-refractivity contribution in [1.29, 1.82) is 0 Å². The highest BCUT2D eigenvalue weighted by atomic mass is 16.5. The molecule has 0 aromatic carbocycles. The summed E-state index contributed by atoms with van der Waals surface area (Å²) in [5.41, 5.74) is 2.26. The second-order valence-electron chi connectivity index (χ2n) is 4.18. The second-order valence-corrected chi connectivity index (χ2v) is 4.18. The molecule has 0 aliphatic rings. The van der Waals surface area contributed by atoms with Gasteiger partial charge in [-0.05, 0) is 26.8 Å².